The molecular weight excluding hydrogens is 361 g/mol. The van der Waals surface area contributed by atoms with Gasteiger partial charge in [-0.15, -0.1) is 13.2 Å². The summed E-state index contributed by atoms with van der Waals surface area (Å²) in [6, 6.07) is 4.71. The Kier molecular flexibility index (Phi) is 7.10. The van der Waals surface area contributed by atoms with Crippen molar-refractivity contribution in [1.29, 1.82) is 0 Å². The van der Waals surface area contributed by atoms with E-state index in [9.17, 15) is 22.8 Å². The lowest BCUT2D eigenvalue weighted by Gasteiger charge is -2.35. The third-order valence-corrected chi connectivity index (χ3v) is 5.09. The highest BCUT2D eigenvalue weighted by molar-refractivity contribution is 5.79. The summed E-state index contributed by atoms with van der Waals surface area (Å²) in [4.78, 5) is 24.8. The Morgan fingerprint density at radius 2 is 2.04 bits per heavy atom. The fourth-order valence-electron chi connectivity index (χ4n) is 3.57. The number of halogens is 3. The van der Waals surface area contributed by atoms with E-state index in [0.717, 1.165) is 5.56 Å². The van der Waals surface area contributed by atoms with E-state index in [2.05, 4.69) is 10.1 Å². The maximum absolute atomic E-state index is 12.6. The van der Waals surface area contributed by atoms with Crippen LogP contribution in [0.5, 0.6) is 5.75 Å². The Morgan fingerprint density at radius 3 is 2.59 bits per heavy atom. The number of likely N-dealkylation sites (tertiary alicyclic amines) is 1. The molecule has 0 saturated carbocycles. The number of alkyl halides is 3. The minimum Gasteiger partial charge on any atom is -0.406 e. The van der Waals surface area contributed by atoms with E-state index in [1.54, 1.807) is 17.9 Å². The normalized spacial score (nSPS) is 16.7. The van der Waals surface area contributed by atoms with Crippen molar-refractivity contribution in [3.63, 3.8) is 0 Å². The summed E-state index contributed by atoms with van der Waals surface area (Å²) in [5.41, 5.74) is 1.32. The Labute approximate surface area is 156 Å². The van der Waals surface area contributed by atoms with E-state index >= 15 is 0 Å². The highest BCUT2D eigenvalue weighted by atomic mass is 19.4. The summed E-state index contributed by atoms with van der Waals surface area (Å²) in [5.74, 6) is -0.336. The van der Waals surface area contributed by atoms with E-state index < -0.39 is 6.36 Å². The third-order valence-electron chi connectivity index (χ3n) is 5.09. The summed E-state index contributed by atoms with van der Waals surface area (Å²) in [6.07, 6.45) is -2.14. The molecule has 5 nitrogen and oxygen atoms in total. The summed E-state index contributed by atoms with van der Waals surface area (Å²) in [6.45, 7) is 4.94. The molecule has 1 aliphatic rings. The van der Waals surface area contributed by atoms with Gasteiger partial charge < -0.3 is 15.0 Å². The highest BCUT2D eigenvalue weighted by Crippen LogP contribution is 2.36. The second-order valence-corrected chi connectivity index (χ2v) is 6.75. The van der Waals surface area contributed by atoms with Gasteiger partial charge in [0.1, 0.15) is 5.75 Å². The van der Waals surface area contributed by atoms with Crippen LogP contribution >= 0.6 is 0 Å². The van der Waals surface area contributed by atoms with Crippen molar-refractivity contribution >= 4 is 12.3 Å². The average Bonchev–Trinajstić information content (AvgIpc) is 2.63. The molecule has 2 amide bonds. The maximum Gasteiger partial charge on any atom is 0.573 e. The van der Waals surface area contributed by atoms with Gasteiger partial charge in [-0.2, -0.15) is 0 Å². The van der Waals surface area contributed by atoms with Crippen LogP contribution in [0.3, 0.4) is 0 Å². The van der Waals surface area contributed by atoms with Gasteiger partial charge in [-0.25, -0.2) is 0 Å². The fourth-order valence-corrected chi connectivity index (χ4v) is 3.57. The number of ether oxygens (including phenoxy) is 1. The lowest BCUT2D eigenvalue weighted by molar-refractivity contribution is -0.274. The van der Waals surface area contributed by atoms with Gasteiger partial charge in [0, 0.05) is 19.6 Å². The molecule has 27 heavy (non-hydrogen) atoms. The number of carbonyl (C=O) groups is 2. The molecule has 1 N–H and O–H groups in total. The third kappa shape index (κ3) is 5.61. The molecule has 2 rings (SSSR count). The maximum atomic E-state index is 12.6. The van der Waals surface area contributed by atoms with Gasteiger partial charge in [0.2, 0.25) is 12.3 Å². The van der Waals surface area contributed by atoms with Crippen LogP contribution < -0.4 is 10.1 Å². The number of amides is 2. The topological polar surface area (TPSA) is 58.6 Å². The summed E-state index contributed by atoms with van der Waals surface area (Å²) < 4.78 is 41.7. The zero-order valence-corrected chi connectivity index (χ0v) is 15.5. The number of benzene rings is 1. The first-order valence-electron chi connectivity index (χ1n) is 9.07. The molecule has 1 atom stereocenters. The largest absolute Gasteiger partial charge is 0.573 e. The first-order valence-corrected chi connectivity index (χ1v) is 9.07. The molecule has 0 aromatic heterocycles. The number of nitrogens with one attached hydrogen (secondary N) is 1. The van der Waals surface area contributed by atoms with Crippen LogP contribution in [0.4, 0.5) is 13.2 Å². The molecule has 1 unspecified atom stereocenters. The molecule has 1 fully saturated rings. The highest BCUT2D eigenvalue weighted by Gasteiger charge is 2.33. The van der Waals surface area contributed by atoms with E-state index in [-0.39, 0.29) is 23.5 Å². The molecule has 1 aliphatic heterocycles. The minimum atomic E-state index is -4.72. The molecule has 0 radical (unpaired) electrons. The Bertz CT molecular complexity index is 656. The lowest BCUT2D eigenvalue weighted by atomic mass is 9.86. The lowest BCUT2D eigenvalue weighted by Crippen LogP contribution is -2.43. The number of nitrogens with zero attached hydrogens (tertiary/aromatic N) is 1. The van der Waals surface area contributed by atoms with Crippen LogP contribution in [0.25, 0.3) is 0 Å². The second-order valence-electron chi connectivity index (χ2n) is 6.75. The van der Waals surface area contributed by atoms with Crippen LogP contribution in [0, 0.1) is 12.8 Å². The van der Waals surface area contributed by atoms with E-state index in [1.165, 1.54) is 6.07 Å². The monoisotopic (exact) mass is 386 g/mol. The molecule has 0 aliphatic carbocycles. The van der Waals surface area contributed by atoms with E-state index in [0.29, 0.717) is 50.9 Å². The number of hydrogen-bond acceptors (Lipinski definition) is 3. The minimum absolute atomic E-state index is 0.0103. The molecule has 150 valence electrons. The van der Waals surface area contributed by atoms with Crippen molar-refractivity contribution in [2.45, 2.75) is 45.4 Å². The molecular formula is C19H25F3N2O3. The first-order chi connectivity index (χ1) is 12.8. The summed E-state index contributed by atoms with van der Waals surface area (Å²) in [5, 5.41) is 2.55. The number of carbonyl (C=O) groups excluding carboxylic acids is 2. The van der Waals surface area contributed by atoms with Crippen molar-refractivity contribution in [3.8, 4) is 5.75 Å². The molecule has 1 aromatic rings. The molecule has 0 spiro atoms. The van der Waals surface area contributed by atoms with E-state index in [4.69, 9.17) is 0 Å². The van der Waals surface area contributed by atoms with Gasteiger partial charge >= 0.3 is 6.36 Å². The van der Waals surface area contributed by atoms with Crippen LogP contribution in [0.1, 0.15) is 43.2 Å². The zero-order valence-electron chi connectivity index (χ0n) is 15.5. The van der Waals surface area contributed by atoms with Crippen LogP contribution in [-0.2, 0) is 9.59 Å². The quantitative estimate of drug-likeness (QED) is 0.731. The van der Waals surface area contributed by atoms with E-state index in [1.807, 2.05) is 13.0 Å². The van der Waals surface area contributed by atoms with Gasteiger partial charge in [-0.1, -0.05) is 19.1 Å². The van der Waals surface area contributed by atoms with Gasteiger partial charge in [0.15, 0.2) is 0 Å². The molecule has 1 heterocycles. The summed E-state index contributed by atoms with van der Waals surface area (Å²) in [7, 11) is 0. The fraction of sp³-hybridized carbons (Fsp3) is 0.579. The standard InChI is InChI=1S/C19H25F3N2O3/c1-3-14(11-23-12-25)18(26)24-9-7-15(8-10-24)16-5-4-6-17(13(16)2)27-19(20,21)22/h4-6,12,14-15H,3,7-11H2,1-2H3,(H,23,25). The van der Waals surface area contributed by atoms with Gasteiger partial charge in [0.05, 0.1) is 5.92 Å². The first kappa shape index (κ1) is 21.1. The van der Waals surface area contributed by atoms with Gasteiger partial charge in [-0.05, 0) is 49.3 Å². The average molecular weight is 386 g/mol. The molecule has 1 aromatic carbocycles. The van der Waals surface area contributed by atoms with Crippen molar-refractivity contribution in [2.75, 3.05) is 19.6 Å². The van der Waals surface area contributed by atoms with Crippen molar-refractivity contribution in [1.82, 2.24) is 10.2 Å². The number of hydrogen-bond donors (Lipinski definition) is 1. The number of rotatable bonds is 7. The van der Waals surface area contributed by atoms with Crippen molar-refractivity contribution in [3.05, 3.63) is 29.3 Å². The Hall–Kier alpha value is -2.25. The van der Waals surface area contributed by atoms with Crippen LogP contribution in [0.2, 0.25) is 0 Å². The predicted molar refractivity (Wildman–Crippen MR) is 94.3 cm³/mol. The molecule has 1 saturated heterocycles. The second kappa shape index (κ2) is 9.10. The van der Waals surface area contributed by atoms with Gasteiger partial charge in [0.25, 0.3) is 0 Å². The smallest absolute Gasteiger partial charge is 0.406 e. The molecule has 8 heteroatoms. The predicted octanol–water partition coefficient (Wildman–Crippen LogP) is 3.37. The van der Waals surface area contributed by atoms with Gasteiger partial charge in [-0.3, -0.25) is 9.59 Å². The molecule has 0 bridgehead atoms. The zero-order chi connectivity index (χ0) is 20.0. The number of piperidine rings is 1. The van der Waals surface area contributed by atoms with Crippen LogP contribution in [-0.4, -0.2) is 43.2 Å². The van der Waals surface area contributed by atoms with Crippen LogP contribution in [0.15, 0.2) is 18.2 Å². The summed E-state index contributed by atoms with van der Waals surface area (Å²) >= 11 is 0. The SMILES string of the molecule is CCC(CNC=O)C(=O)N1CCC(c2cccc(OC(F)(F)F)c2C)CC1. The Morgan fingerprint density at radius 1 is 1.37 bits per heavy atom. The Balaban J connectivity index is 2.02. The van der Waals surface area contributed by atoms with Crippen molar-refractivity contribution < 1.29 is 27.5 Å². The van der Waals surface area contributed by atoms with Crippen molar-refractivity contribution in [2.24, 2.45) is 5.92 Å².